The van der Waals surface area contributed by atoms with Crippen LogP contribution in [0.5, 0.6) is 0 Å². The van der Waals surface area contributed by atoms with Gasteiger partial charge in [-0.1, -0.05) is 12.1 Å². The molecular formula is C11H10O2. The maximum atomic E-state index is 10.3. The van der Waals surface area contributed by atoms with Crippen LogP contribution in [-0.2, 0) is 11.2 Å². The summed E-state index contributed by atoms with van der Waals surface area (Å²) in [5.74, 6) is 0. The maximum absolute atomic E-state index is 10.3. The summed E-state index contributed by atoms with van der Waals surface area (Å²) in [5, 5.41) is 1.12. The van der Waals surface area contributed by atoms with E-state index in [1.54, 1.807) is 6.26 Å². The molecule has 0 saturated heterocycles. The van der Waals surface area contributed by atoms with E-state index in [1.807, 2.05) is 25.1 Å². The summed E-state index contributed by atoms with van der Waals surface area (Å²) >= 11 is 0. The molecule has 0 bridgehead atoms. The van der Waals surface area contributed by atoms with Crippen molar-refractivity contribution < 1.29 is 9.21 Å². The number of fused-ring (bicyclic) bond motifs is 1. The first kappa shape index (κ1) is 8.05. The van der Waals surface area contributed by atoms with Crippen LogP contribution < -0.4 is 0 Å². The standard InChI is InChI=1S/C11H10O2/c1-8-7-13-11-6-9(4-5-12)2-3-10(8)11/h2-3,5-7H,4H2,1H3. The summed E-state index contributed by atoms with van der Waals surface area (Å²) < 4.78 is 5.32. The molecule has 0 spiro atoms. The molecule has 0 amide bonds. The highest BCUT2D eigenvalue weighted by atomic mass is 16.3. The van der Waals surface area contributed by atoms with Crippen LogP contribution in [-0.4, -0.2) is 6.29 Å². The molecule has 0 aliphatic heterocycles. The first-order valence-corrected chi connectivity index (χ1v) is 4.21. The van der Waals surface area contributed by atoms with Gasteiger partial charge in [-0.15, -0.1) is 0 Å². The number of hydrogen-bond donors (Lipinski definition) is 0. The Morgan fingerprint density at radius 1 is 1.46 bits per heavy atom. The summed E-state index contributed by atoms with van der Waals surface area (Å²) in [4.78, 5) is 10.3. The van der Waals surface area contributed by atoms with Crippen LogP contribution in [0.2, 0.25) is 0 Å². The molecule has 2 aromatic rings. The van der Waals surface area contributed by atoms with Gasteiger partial charge in [-0.25, -0.2) is 0 Å². The van der Waals surface area contributed by atoms with Gasteiger partial charge in [-0.3, -0.25) is 0 Å². The summed E-state index contributed by atoms with van der Waals surface area (Å²) in [7, 11) is 0. The Kier molecular flexibility index (Phi) is 1.89. The van der Waals surface area contributed by atoms with Crippen molar-refractivity contribution in [3.63, 3.8) is 0 Å². The Morgan fingerprint density at radius 2 is 2.31 bits per heavy atom. The molecule has 2 nitrogen and oxygen atoms in total. The van der Waals surface area contributed by atoms with Crippen LogP contribution in [0.4, 0.5) is 0 Å². The molecule has 1 aromatic carbocycles. The molecule has 2 rings (SSSR count). The minimum atomic E-state index is 0.454. The topological polar surface area (TPSA) is 30.2 Å². The van der Waals surface area contributed by atoms with E-state index in [0.29, 0.717) is 6.42 Å². The van der Waals surface area contributed by atoms with Gasteiger partial charge >= 0.3 is 0 Å². The quantitative estimate of drug-likeness (QED) is 0.655. The second-order valence-electron chi connectivity index (χ2n) is 3.12. The lowest BCUT2D eigenvalue weighted by atomic mass is 10.1. The molecule has 0 aliphatic rings. The van der Waals surface area contributed by atoms with Gasteiger partial charge in [-0.2, -0.15) is 0 Å². The van der Waals surface area contributed by atoms with E-state index in [0.717, 1.165) is 28.4 Å². The molecular weight excluding hydrogens is 164 g/mol. The van der Waals surface area contributed by atoms with Crippen molar-refractivity contribution in [2.24, 2.45) is 0 Å². The average molecular weight is 174 g/mol. The highest BCUT2D eigenvalue weighted by Crippen LogP contribution is 2.21. The third kappa shape index (κ3) is 1.35. The monoisotopic (exact) mass is 174 g/mol. The van der Waals surface area contributed by atoms with E-state index >= 15 is 0 Å². The molecule has 0 atom stereocenters. The third-order valence-corrected chi connectivity index (χ3v) is 2.15. The second-order valence-corrected chi connectivity index (χ2v) is 3.12. The molecule has 1 aromatic heterocycles. The zero-order chi connectivity index (χ0) is 9.26. The Balaban J connectivity index is 2.56. The van der Waals surface area contributed by atoms with E-state index in [9.17, 15) is 4.79 Å². The van der Waals surface area contributed by atoms with Crippen LogP contribution in [0.1, 0.15) is 11.1 Å². The normalized spacial score (nSPS) is 10.5. The van der Waals surface area contributed by atoms with Crippen molar-refractivity contribution in [1.82, 2.24) is 0 Å². The van der Waals surface area contributed by atoms with Gasteiger partial charge in [0.15, 0.2) is 0 Å². The summed E-state index contributed by atoms with van der Waals surface area (Å²) in [6.45, 7) is 2.01. The lowest BCUT2D eigenvalue weighted by Crippen LogP contribution is -1.84. The highest BCUT2D eigenvalue weighted by Gasteiger charge is 2.01. The van der Waals surface area contributed by atoms with E-state index < -0.39 is 0 Å². The molecule has 0 unspecified atom stereocenters. The summed E-state index contributed by atoms with van der Waals surface area (Å²) in [5.41, 5.74) is 2.99. The van der Waals surface area contributed by atoms with Crippen LogP contribution in [0.25, 0.3) is 11.0 Å². The minimum absolute atomic E-state index is 0.454. The number of furan rings is 1. The lowest BCUT2D eigenvalue weighted by Gasteiger charge is -1.94. The number of aldehydes is 1. The van der Waals surface area contributed by atoms with Crippen molar-refractivity contribution in [2.75, 3.05) is 0 Å². The molecule has 0 radical (unpaired) electrons. The van der Waals surface area contributed by atoms with Gasteiger partial charge < -0.3 is 9.21 Å². The van der Waals surface area contributed by atoms with Crippen LogP contribution in [0.15, 0.2) is 28.9 Å². The predicted octanol–water partition coefficient (Wildman–Crippen LogP) is 2.48. The predicted molar refractivity (Wildman–Crippen MR) is 50.7 cm³/mol. The van der Waals surface area contributed by atoms with Gasteiger partial charge in [0.05, 0.1) is 6.26 Å². The smallest absolute Gasteiger partial charge is 0.134 e. The van der Waals surface area contributed by atoms with Gasteiger partial charge in [-0.05, 0) is 24.1 Å². The average Bonchev–Trinajstić information content (AvgIpc) is 2.48. The molecule has 0 aliphatic carbocycles. The lowest BCUT2D eigenvalue weighted by molar-refractivity contribution is -0.107. The van der Waals surface area contributed by atoms with E-state index in [1.165, 1.54) is 0 Å². The fourth-order valence-electron chi connectivity index (χ4n) is 1.43. The fourth-order valence-corrected chi connectivity index (χ4v) is 1.43. The largest absolute Gasteiger partial charge is 0.464 e. The molecule has 13 heavy (non-hydrogen) atoms. The van der Waals surface area contributed by atoms with Crippen molar-refractivity contribution >= 4 is 17.3 Å². The number of rotatable bonds is 2. The number of carbonyl (C=O) groups is 1. The number of carbonyl (C=O) groups excluding carboxylic acids is 1. The molecule has 1 heterocycles. The molecule has 0 saturated carbocycles. The summed E-state index contributed by atoms with van der Waals surface area (Å²) in [6.07, 6.45) is 3.09. The molecule has 0 fully saturated rings. The highest BCUT2D eigenvalue weighted by molar-refractivity contribution is 5.81. The Bertz CT molecular complexity index is 440. The van der Waals surface area contributed by atoms with Crippen LogP contribution >= 0.6 is 0 Å². The first-order chi connectivity index (χ1) is 6.31. The van der Waals surface area contributed by atoms with Crippen LogP contribution in [0.3, 0.4) is 0 Å². The zero-order valence-corrected chi connectivity index (χ0v) is 7.41. The van der Waals surface area contributed by atoms with Gasteiger partial charge in [0.2, 0.25) is 0 Å². The van der Waals surface area contributed by atoms with Crippen molar-refractivity contribution in [3.05, 3.63) is 35.6 Å². The number of benzene rings is 1. The van der Waals surface area contributed by atoms with Gasteiger partial charge in [0.1, 0.15) is 11.9 Å². The fraction of sp³-hybridized carbons (Fsp3) is 0.182. The number of aryl methyl sites for hydroxylation is 1. The zero-order valence-electron chi connectivity index (χ0n) is 7.41. The van der Waals surface area contributed by atoms with Gasteiger partial charge in [0.25, 0.3) is 0 Å². The van der Waals surface area contributed by atoms with E-state index in [4.69, 9.17) is 4.42 Å². The number of hydrogen-bond acceptors (Lipinski definition) is 2. The van der Waals surface area contributed by atoms with Crippen LogP contribution in [0, 0.1) is 6.92 Å². The summed E-state index contributed by atoms with van der Waals surface area (Å²) in [6, 6.07) is 5.86. The Morgan fingerprint density at radius 3 is 3.08 bits per heavy atom. The first-order valence-electron chi connectivity index (χ1n) is 4.21. The Labute approximate surface area is 76.2 Å². The molecule has 0 N–H and O–H groups in total. The van der Waals surface area contributed by atoms with E-state index in [-0.39, 0.29) is 0 Å². The minimum Gasteiger partial charge on any atom is -0.464 e. The van der Waals surface area contributed by atoms with Crippen molar-refractivity contribution in [2.45, 2.75) is 13.3 Å². The third-order valence-electron chi connectivity index (χ3n) is 2.15. The van der Waals surface area contributed by atoms with Crippen molar-refractivity contribution in [1.29, 1.82) is 0 Å². The Hall–Kier alpha value is -1.57. The van der Waals surface area contributed by atoms with Gasteiger partial charge in [0, 0.05) is 11.8 Å². The SMILES string of the molecule is Cc1coc2cc(CC=O)ccc12. The molecule has 66 valence electrons. The van der Waals surface area contributed by atoms with E-state index in [2.05, 4.69) is 0 Å². The van der Waals surface area contributed by atoms with Crippen molar-refractivity contribution in [3.8, 4) is 0 Å². The maximum Gasteiger partial charge on any atom is 0.134 e. The molecule has 2 heteroatoms. The second kappa shape index (κ2) is 3.05.